The molecule has 1 heterocycles. The van der Waals surface area contributed by atoms with Gasteiger partial charge in [0.2, 0.25) is 0 Å². The molecule has 12 rings (SSSR count). The molecule has 56 heavy (non-hydrogen) atoms. The van der Waals surface area contributed by atoms with Gasteiger partial charge in [-0.05, 0) is 129 Å². The summed E-state index contributed by atoms with van der Waals surface area (Å²) in [6, 6.07) is 67.3. The van der Waals surface area contributed by atoms with Crippen LogP contribution in [0, 0.1) is 0 Å². The van der Waals surface area contributed by atoms with Crippen molar-refractivity contribution in [3.8, 4) is 44.5 Å². The van der Waals surface area contributed by atoms with E-state index >= 15 is 0 Å². The molecule has 0 spiro atoms. The Kier molecular flexibility index (Phi) is 6.46. The fourth-order valence-corrected chi connectivity index (χ4v) is 9.98. The fraction of sp³-hybridized carbons (Fsp3) is 0.0545. The van der Waals surface area contributed by atoms with Gasteiger partial charge in [-0.1, -0.05) is 166 Å². The third-order valence-corrected chi connectivity index (χ3v) is 12.6. The molecule has 0 amide bonds. The summed E-state index contributed by atoms with van der Waals surface area (Å²) in [7, 11) is 0. The molecular formula is C55H36O. The minimum Gasteiger partial charge on any atom is -0.456 e. The van der Waals surface area contributed by atoms with E-state index in [0.717, 1.165) is 21.9 Å². The topological polar surface area (TPSA) is 13.1 Å². The summed E-state index contributed by atoms with van der Waals surface area (Å²) in [5, 5.41) is 12.4. The third kappa shape index (κ3) is 4.37. The lowest BCUT2D eigenvalue weighted by Gasteiger charge is -2.23. The van der Waals surface area contributed by atoms with E-state index in [4.69, 9.17) is 4.42 Å². The van der Waals surface area contributed by atoms with E-state index in [1.165, 1.54) is 98.7 Å². The van der Waals surface area contributed by atoms with Crippen LogP contribution in [-0.2, 0) is 5.41 Å². The number of furan rings is 1. The predicted molar refractivity (Wildman–Crippen MR) is 238 cm³/mol. The van der Waals surface area contributed by atoms with Gasteiger partial charge in [-0.2, -0.15) is 0 Å². The molecular weight excluding hydrogens is 677 g/mol. The molecule has 262 valence electrons. The highest BCUT2D eigenvalue weighted by Crippen LogP contribution is 2.53. The molecule has 0 aliphatic heterocycles. The first-order chi connectivity index (χ1) is 27.5. The second kappa shape index (κ2) is 11.5. The predicted octanol–water partition coefficient (Wildman–Crippen LogP) is 15.5. The minimum absolute atomic E-state index is 0.193. The van der Waals surface area contributed by atoms with Crippen LogP contribution in [0.15, 0.2) is 186 Å². The first-order valence-electron chi connectivity index (χ1n) is 19.6. The molecule has 1 aliphatic carbocycles. The van der Waals surface area contributed by atoms with Crippen LogP contribution in [0.4, 0.5) is 0 Å². The van der Waals surface area contributed by atoms with Crippen LogP contribution in [0.3, 0.4) is 0 Å². The molecule has 0 unspecified atom stereocenters. The van der Waals surface area contributed by atoms with E-state index in [9.17, 15) is 0 Å². The van der Waals surface area contributed by atoms with Crippen molar-refractivity contribution in [1.29, 1.82) is 0 Å². The Hall–Kier alpha value is -6.96. The minimum atomic E-state index is -0.193. The highest BCUT2D eigenvalue weighted by atomic mass is 16.3. The average molecular weight is 713 g/mol. The van der Waals surface area contributed by atoms with E-state index in [0.29, 0.717) is 0 Å². The Labute approximate surface area is 325 Å². The van der Waals surface area contributed by atoms with Crippen molar-refractivity contribution in [2.24, 2.45) is 0 Å². The summed E-state index contributed by atoms with van der Waals surface area (Å²) >= 11 is 0. The van der Waals surface area contributed by atoms with Crippen LogP contribution in [-0.4, -0.2) is 0 Å². The van der Waals surface area contributed by atoms with Gasteiger partial charge in [-0.15, -0.1) is 0 Å². The van der Waals surface area contributed by atoms with Gasteiger partial charge in [-0.3, -0.25) is 0 Å². The molecule has 0 bridgehead atoms. The van der Waals surface area contributed by atoms with Gasteiger partial charge in [0, 0.05) is 16.2 Å². The van der Waals surface area contributed by atoms with Gasteiger partial charge in [-0.25, -0.2) is 0 Å². The lowest BCUT2D eigenvalue weighted by atomic mass is 9.79. The maximum absolute atomic E-state index is 6.35. The quantitative estimate of drug-likeness (QED) is 0.166. The van der Waals surface area contributed by atoms with Crippen molar-refractivity contribution >= 4 is 65.0 Å². The van der Waals surface area contributed by atoms with E-state index in [1.54, 1.807) is 0 Å². The maximum atomic E-state index is 6.35. The number of benzene rings is 10. The Balaban J connectivity index is 1.02. The molecule has 0 saturated carbocycles. The Morgan fingerprint density at radius 1 is 0.321 bits per heavy atom. The van der Waals surface area contributed by atoms with Gasteiger partial charge in [0.1, 0.15) is 11.2 Å². The van der Waals surface area contributed by atoms with Crippen molar-refractivity contribution in [3.63, 3.8) is 0 Å². The summed E-state index contributed by atoms with van der Waals surface area (Å²) in [6.45, 7) is 4.79. The normalized spacial score (nSPS) is 13.3. The molecule has 0 radical (unpaired) electrons. The monoisotopic (exact) mass is 712 g/mol. The molecule has 1 heteroatoms. The molecule has 0 fully saturated rings. The number of hydrogen-bond donors (Lipinski definition) is 0. The zero-order valence-corrected chi connectivity index (χ0v) is 31.2. The molecule has 10 aromatic carbocycles. The zero-order chi connectivity index (χ0) is 37.1. The Morgan fingerprint density at radius 2 is 0.857 bits per heavy atom. The second-order valence-electron chi connectivity index (χ2n) is 16.0. The summed E-state index contributed by atoms with van der Waals surface area (Å²) in [5.74, 6) is 0. The average Bonchev–Trinajstić information content (AvgIpc) is 3.71. The summed E-state index contributed by atoms with van der Waals surface area (Å²) in [6.07, 6.45) is 0. The third-order valence-electron chi connectivity index (χ3n) is 12.6. The van der Waals surface area contributed by atoms with Crippen molar-refractivity contribution in [2.45, 2.75) is 19.3 Å². The van der Waals surface area contributed by atoms with E-state index in [2.05, 4.69) is 190 Å². The molecule has 1 aromatic heterocycles. The largest absolute Gasteiger partial charge is 0.456 e. The SMILES string of the molecule is CC1(C)c2cc(-c3cccc4cc5c(cc34)oc3ccccc35)ccc2-c2ccc(-c3c4ccccc4c(-c4cccc5ccccc45)c4ccccc34)cc21. The van der Waals surface area contributed by atoms with Crippen LogP contribution in [0.5, 0.6) is 0 Å². The molecule has 1 aliphatic rings. The van der Waals surface area contributed by atoms with Crippen molar-refractivity contribution < 1.29 is 4.42 Å². The molecule has 0 N–H and O–H groups in total. The summed E-state index contributed by atoms with van der Waals surface area (Å²) in [4.78, 5) is 0. The zero-order valence-electron chi connectivity index (χ0n) is 31.2. The van der Waals surface area contributed by atoms with E-state index < -0.39 is 0 Å². The van der Waals surface area contributed by atoms with E-state index in [1.807, 2.05) is 6.07 Å². The number of para-hydroxylation sites is 1. The standard InChI is InChI=1S/C55H36O/c1-55(2)49-30-35(38-22-12-15-34-29-48-41-17-9-10-24-51(41)56-52(48)32-47(34)38)25-27-39(49)40-28-26-36(31-50(40)55)53-43-18-5-7-20-45(43)54(46-21-8-6-19-44(46)53)42-23-11-14-33-13-3-4-16-37(33)42/h3-32H,1-2H3. The molecule has 0 atom stereocenters. The van der Waals surface area contributed by atoms with Crippen LogP contribution in [0.25, 0.3) is 110 Å². The first-order valence-corrected chi connectivity index (χ1v) is 19.6. The van der Waals surface area contributed by atoms with Gasteiger partial charge in [0.25, 0.3) is 0 Å². The number of rotatable bonds is 3. The van der Waals surface area contributed by atoms with Crippen LogP contribution < -0.4 is 0 Å². The molecule has 11 aromatic rings. The van der Waals surface area contributed by atoms with Crippen LogP contribution in [0.1, 0.15) is 25.0 Å². The van der Waals surface area contributed by atoms with Crippen LogP contribution >= 0.6 is 0 Å². The first kappa shape index (κ1) is 31.4. The van der Waals surface area contributed by atoms with Gasteiger partial charge in [0.15, 0.2) is 0 Å². The van der Waals surface area contributed by atoms with Crippen molar-refractivity contribution in [1.82, 2.24) is 0 Å². The van der Waals surface area contributed by atoms with Gasteiger partial charge >= 0.3 is 0 Å². The Morgan fingerprint density at radius 3 is 1.57 bits per heavy atom. The number of fused-ring (bicyclic) bond motifs is 10. The maximum Gasteiger partial charge on any atom is 0.136 e. The van der Waals surface area contributed by atoms with Crippen molar-refractivity contribution in [2.75, 3.05) is 0 Å². The second-order valence-corrected chi connectivity index (χ2v) is 16.0. The van der Waals surface area contributed by atoms with Gasteiger partial charge < -0.3 is 4.42 Å². The van der Waals surface area contributed by atoms with Gasteiger partial charge in [0.05, 0.1) is 0 Å². The smallest absolute Gasteiger partial charge is 0.136 e. The van der Waals surface area contributed by atoms with Crippen LogP contribution in [0.2, 0.25) is 0 Å². The fourth-order valence-electron chi connectivity index (χ4n) is 9.98. The lowest BCUT2D eigenvalue weighted by molar-refractivity contribution is 0.661. The van der Waals surface area contributed by atoms with Crippen molar-refractivity contribution in [3.05, 3.63) is 193 Å². The summed E-state index contributed by atoms with van der Waals surface area (Å²) < 4.78 is 6.35. The van der Waals surface area contributed by atoms with E-state index in [-0.39, 0.29) is 5.41 Å². The highest BCUT2D eigenvalue weighted by Gasteiger charge is 2.36. The highest BCUT2D eigenvalue weighted by molar-refractivity contribution is 6.23. The number of hydrogen-bond acceptors (Lipinski definition) is 1. The Bertz CT molecular complexity index is 3390. The lowest BCUT2D eigenvalue weighted by Crippen LogP contribution is -2.15. The molecule has 1 nitrogen and oxygen atoms in total. The summed E-state index contributed by atoms with van der Waals surface area (Å²) in [5.41, 5.74) is 14.6. The molecule has 0 saturated heterocycles.